The summed E-state index contributed by atoms with van der Waals surface area (Å²) in [6.45, 7) is 7.45. The second-order valence-corrected chi connectivity index (χ2v) is 7.20. The number of rotatable bonds is 5. The summed E-state index contributed by atoms with van der Waals surface area (Å²) in [5.74, 6) is -1.36. The summed E-state index contributed by atoms with van der Waals surface area (Å²) in [5, 5.41) is 3.22. The highest BCUT2D eigenvalue weighted by atomic mass is 16.6. The van der Waals surface area contributed by atoms with Crippen molar-refractivity contribution in [1.29, 1.82) is 0 Å². The Morgan fingerprint density at radius 1 is 1.03 bits per heavy atom. The van der Waals surface area contributed by atoms with E-state index in [1.54, 1.807) is 24.3 Å². The van der Waals surface area contributed by atoms with Crippen LogP contribution in [-0.2, 0) is 9.53 Å². The second kappa shape index (κ2) is 8.31. The van der Waals surface area contributed by atoms with Gasteiger partial charge in [0.1, 0.15) is 5.58 Å². The van der Waals surface area contributed by atoms with Crippen LogP contribution >= 0.6 is 0 Å². The quantitative estimate of drug-likeness (QED) is 0.649. The standard InChI is InChI=1S/C23H23NO5/c1-13(2)16-10-7-8-14(3)21(16)24-22(26)15(4)28-23(27)20-12-18(25)17-9-5-6-11-19(17)29-20/h5-13,15H,1-4H3,(H,24,26)/t15-/m1/s1. The van der Waals surface area contributed by atoms with E-state index in [0.29, 0.717) is 11.1 Å². The fraction of sp³-hybridized carbons (Fsp3) is 0.261. The number of ether oxygens (including phenoxy) is 1. The Hall–Kier alpha value is -3.41. The number of hydrogen-bond donors (Lipinski definition) is 1. The first kappa shape index (κ1) is 20.3. The Bertz CT molecular complexity index is 1130. The molecule has 6 nitrogen and oxygen atoms in total. The molecule has 0 aliphatic heterocycles. The van der Waals surface area contributed by atoms with Gasteiger partial charge in [0.15, 0.2) is 11.5 Å². The highest BCUT2D eigenvalue weighted by Gasteiger charge is 2.23. The van der Waals surface area contributed by atoms with Gasteiger partial charge in [-0.05, 0) is 43.0 Å². The van der Waals surface area contributed by atoms with Crippen LogP contribution in [0, 0.1) is 6.92 Å². The molecule has 150 valence electrons. The minimum absolute atomic E-state index is 0.218. The molecule has 0 saturated heterocycles. The van der Waals surface area contributed by atoms with Crippen molar-refractivity contribution in [3.8, 4) is 0 Å². The van der Waals surface area contributed by atoms with Crippen LogP contribution in [0.2, 0.25) is 0 Å². The number of carbonyl (C=O) groups excluding carboxylic acids is 2. The maximum Gasteiger partial charge on any atom is 0.375 e. The number of carbonyl (C=O) groups is 2. The molecular formula is C23H23NO5. The van der Waals surface area contributed by atoms with Crippen molar-refractivity contribution in [3.05, 3.63) is 75.6 Å². The van der Waals surface area contributed by atoms with Crippen molar-refractivity contribution >= 4 is 28.5 Å². The maximum atomic E-state index is 12.6. The molecule has 1 atom stereocenters. The highest BCUT2D eigenvalue weighted by Crippen LogP contribution is 2.27. The van der Waals surface area contributed by atoms with Crippen LogP contribution in [0.4, 0.5) is 5.69 Å². The molecule has 0 aliphatic carbocycles. The summed E-state index contributed by atoms with van der Waals surface area (Å²) >= 11 is 0. The van der Waals surface area contributed by atoms with E-state index >= 15 is 0 Å². The Morgan fingerprint density at radius 3 is 2.48 bits per heavy atom. The van der Waals surface area contributed by atoms with Gasteiger partial charge in [-0.15, -0.1) is 0 Å². The van der Waals surface area contributed by atoms with E-state index in [9.17, 15) is 14.4 Å². The zero-order valence-corrected chi connectivity index (χ0v) is 16.8. The Balaban J connectivity index is 1.77. The maximum absolute atomic E-state index is 12.6. The van der Waals surface area contributed by atoms with Crippen LogP contribution in [0.25, 0.3) is 11.0 Å². The molecule has 0 aliphatic rings. The van der Waals surface area contributed by atoms with Crippen molar-refractivity contribution in [2.45, 2.75) is 39.7 Å². The first-order valence-electron chi connectivity index (χ1n) is 9.42. The normalized spacial score (nSPS) is 12.0. The van der Waals surface area contributed by atoms with E-state index in [1.807, 2.05) is 39.0 Å². The minimum atomic E-state index is -1.07. The first-order chi connectivity index (χ1) is 13.8. The average molecular weight is 393 g/mol. The SMILES string of the molecule is Cc1cccc(C(C)C)c1NC(=O)[C@@H](C)OC(=O)c1cc(=O)c2ccccc2o1. The number of nitrogens with one attached hydrogen (secondary N) is 1. The molecule has 1 amide bonds. The molecule has 2 aromatic carbocycles. The molecule has 3 aromatic rings. The number of fused-ring (bicyclic) bond motifs is 1. The number of para-hydroxylation sites is 2. The third-order valence-corrected chi connectivity index (χ3v) is 4.66. The van der Waals surface area contributed by atoms with Crippen molar-refractivity contribution in [1.82, 2.24) is 0 Å². The summed E-state index contributed by atoms with van der Waals surface area (Å²) in [6.07, 6.45) is -1.07. The number of anilines is 1. The Morgan fingerprint density at radius 2 is 1.76 bits per heavy atom. The summed E-state index contributed by atoms with van der Waals surface area (Å²) in [5.41, 5.74) is 2.57. The van der Waals surface area contributed by atoms with Gasteiger partial charge in [0.05, 0.1) is 5.39 Å². The van der Waals surface area contributed by atoms with Crippen molar-refractivity contribution in [3.63, 3.8) is 0 Å². The van der Waals surface area contributed by atoms with Gasteiger partial charge >= 0.3 is 5.97 Å². The lowest BCUT2D eigenvalue weighted by atomic mass is 9.98. The van der Waals surface area contributed by atoms with Crippen LogP contribution < -0.4 is 10.7 Å². The number of amides is 1. The molecule has 0 saturated carbocycles. The van der Waals surface area contributed by atoms with E-state index in [2.05, 4.69) is 5.32 Å². The molecule has 1 N–H and O–H groups in total. The molecule has 0 fully saturated rings. The average Bonchev–Trinajstić information content (AvgIpc) is 2.69. The first-order valence-corrected chi connectivity index (χ1v) is 9.42. The van der Waals surface area contributed by atoms with Gasteiger partial charge in [-0.3, -0.25) is 9.59 Å². The lowest BCUT2D eigenvalue weighted by molar-refractivity contribution is -0.123. The number of aryl methyl sites for hydroxylation is 1. The Kier molecular flexibility index (Phi) is 5.82. The van der Waals surface area contributed by atoms with Gasteiger partial charge in [0.25, 0.3) is 5.91 Å². The van der Waals surface area contributed by atoms with Crippen LogP contribution in [0.5, 0.6) is 0 Å². The molecular weight excluding hydrogens is 370 g/mol. The predicted molar refractivity (Wildman–Crippen MR) is 111 cm³/mol. The number of esters is 1. The van der Waals surface area contributed by atoms with Crippen molar-refractivity contribution in [2.24, 2.45) is 0 Å². The molecule has 0 spiro atoms. The second-order valence-electron chi connectivity index (χ2n) is 7.20. The Labute approximate surface area is 168 Å². The smallest absolute Gasteiger partial charge is 0.375 e. The largest absolute Gasteiger partial charge is 0.449 e. The van der Waals surface area contributed by atoms with Gasteiger partial charge in [-0.25, -0.2) is 4.79 Å². The molecule has 1 heterocycles. The zero-order chi connectivity index (χ0) is 21.1. The van der Waals surface area contributed by atoms with E-state index in [-0.39, 0.29) is 22.7 Å². The number of hydrogen-bond acceptors (Lipinski definition) is 5. The molecule has 1 aromatic heterocycles. The van der Waals surface area contributed by atoms with Crippen LogP contribution in [-0.4, -0.2) is 18.0 Å². The molecule has 0 radical (unpaired) electrons. The monoisotopic (exact) mass is 393 g/mol. The van der Waals surface area contributed by atoms with Gasteiger partial charge in [0, 0.05) is 11.8 Å². The lowest BCUT2D eigenvalue weighted by Crippen LogP contribution is -2.31. The topological polar surface area (TPSA) is 85.6 Å². The lowest BCUT2D eigenvalue weighted by Gasteiger charge is -2.19. The summed E-state index contributed by atoms with van der Waals surface area (Å²) in [6, 6.07) is 13.5. The van der Waals surface area contributed by atoms with E-state index < -0.39 is 18.0 Å². The zero-order valence-electron chi connectivity index (χ0n) is 16.8. The van der Waals surface area contributed by atoms with Crippen molar-refractivity contribution < 1.29 is 18.7 Å². The van der Waals surface area contributed by atoms with Gasteiger partial charge < -0.3 is 14.5 Å². The highest BCUT2D eigenvalue weighted by molar-refractivity contribution is 5.98. The summed E-state index contributed by atoms with van der Waals surface area (Å²) in [7, 11) is 0. The van der Waals surface area contributed by atoms with E-state index in [1.165, 1.54) is 6.92 Å². The van der Waals surface area contributed by atoms with E-state index in [0.717, 1.165) is 17.2 Å². The van der Waals surface area contributed by atoms with Crippen LogP contribution in [0.3, 0.4) is 0 Å². The van der Waals surface area contributed by atoms with Gasteiger partial charge in [-0.1, -0.05) is 44.2 Å². The fourth-order valence-electron chi connectivity index (χ4n) is 3.04. The van der Waals surface area contributed by atoms with Crippen LogP contribution in [0.15, 0.2) is 57.7 Å². The van der Waals surface area contributed by atoms with Crippen LogP contribution in [0.1, 0.15) is 48.4 Å². The molecule has 29 heavy (non-hydrogen) atoms. The summed E-state index contributed by atoms with van der Waals surface area (Å²) < 4.78 is 10.7. The predicted octanol–water partition coefficient (Wildman–Crippen LogP) is 4.41. The molecule has 0 bridgehead atoms. The third-order valence-electron chi connectivity index (χ3n) is 4.66. The van der Waals surface area contributed by atoms with Gasteiger partial charge in [-0.2, -0.15) is 0 Å². The summed E-state index contributed by atoms with van der Waals surface area (Å²) in [4.78, 5) is 37.2. The molecule has 3 rings (SSSR count). The molecule has 0 unspecified atom stereocenters. The fourth-order valence-corrected chi connectivity index (χ4v) is 3.04. The molecule has 6 heteroatoms. The number of benzene rings is 2. The van der Waals surface area contributed by atoms with Crippen molar-refractivity contribution in [2.75, 3.05) is 5.32 Å². The van der Waals surface area contributed by atoms with Gasteiger partial charge in [0.2, 0.25) is 5.76 Å². The third kappa shape index (κ3) is 4.37. The minimum Gasteiger partial charge on any atom is -0.449 e. The van der Waals surface area contributed by atoms with E-state index in [4.69, 9.17) is 9.15 Å².